The molecule has 3 N–H and O–H groups in total. The number of aromatic nitrogens is 1. The Kier molecular flexibility index (Phi) is 8.35. The molecule has 0 fully saturated rings. The molecule has 0 spiro atoms. The van der Waals surface area contributed by atoms with Crippen molar-refractivity contribution in [3.63, 3.8) is 0 Å². The van der Waals surface area contributed by atoms with Gasteiger partial charge in [-0.3, -0.25) is 0 Å². The van der Waals surface area contributed by atoms with Gasteiger partial charge < -0.3 is 10.8 Å². The van der Waals surface area contributed by atoms with E-state index in [1.807, 2.05) is 13.8 Å². The molecule has 0 aliphatic heterocycles. The summed E-state index contributed by atoms with van der Waals surface area (Å²) in [7, 11) is 0. The van der Waals surface area contributed by atoms with Crippen LogP contribution in [0, 0.1) is 23.5 Å². The minimum atomic E-state index is -1.13. The van der Waals surface area contributed by atoms with Crippen LogP contribution in [0.5, 0.6) is 0 Å². The maximum absolute atomic E-state index is 13.3. The third-order valence-corrected chi connectivity index (χ3v) is 3.77. The highest BCUT2D eigenvalue weighted by Gasteiger charge is 2.15. The van der Waals surface area contributed by atoms with Gasteiger partial charge in [0.1, 0.15) is 22.9 Å². The summed E-state index contributed by atoms with van der Waals surface area (Å²) >= 11 is 3.38. The summed E-state index contributed by atoms with van der Waals surface area (Å²) in [6.07, 6.45) is 0.225. The smallest absolute Gasteiger partial charge is 0.126 e. The molecule has 0 aliphatic rings. The summed E-state index contributed by atoms with van der Waals surface area (Å²) in [5, 5.41) is 9.65. The third-order valence-electron chi connectivity index (χ3n) is 3.10. The van der Waals surface area contributed by atoms with Crippen molar-refractivity contribution in [1.82, 2.24) is 4.98 Å². The molecular formula is C20H23BrF2N2O. The van der Waals surface area contributed by atoms with Crippen molar-refractivity contribution in [2.75, 3.05) is 0 Å². The highest BCUT2D eigenvalue weighted by Crippen LogP contribution is 2.24. The Morgan fingerprint density at radius 2 is 1.77 bits per heavy atom. The number of nitrogens with two attached hydrogens (primary N) is 1. The van der Waals surface area contributed by atoms with Crippen LogP contribution in [0.15, 0.2) is 34.8 Å². The van der Waals surface area contributed by atoms with E-state index >= 15 is 0 Å². The summed E-state index contributed by atoms with van der Waals surface area (Å²) in [5.41, 5.74) is 6.45. The summed E-state index contributed by atoms with van der Waals surface area (Å²) in [6, 6.07) is 6.19. The Morgan fingerprint density at radius 1 is 1.19 bits per heavy atom. The van der Waals surface area contributed by atoms with Crippen LogP contribution < -0.4 is 5.73 Å². The minimum absolute atomic E-state index is 0.225. The molecule has 1 atom stereocenters. The van der Waals surface area contributed by atoms with Crippen molar-refractivity contribution in [1.29, 1.82) is 0 Å². The second-order valence-electron chi connectivity index (χ2n) is 5.96. The van der Waals surface area contributed by atoms with Gasteiger partial charge in [-0.15, -0.1) is 0 Å². The van der Waals surface area contributed by atoms with Crippen LogP contribution in [-0.2, 0) is 6.42 Å². The highest BCUT2D eigenvalue weighted by atomic mass is 79.9. The second kappa shape index (κ2) is 9.77. The summed E-state index contributed by atoms with van der Waals surface area (Å²) in [5.74, 6) is 4.17. The first kappa shape index (κ1) is 22.2. The van der Waals surface area contributed by atoms with Gasteiger partial charge in [0.15, 0.2) is 0 Å². The Labute approximate surface area is 161 Å². The number of benzene rings is 1. The minimum Gasteiger partial charge on any atom is -0.378 e. The molecule has 1 heterocycles. The zero-order chi connectivity index (χ0) is 19.9. The van der Waals surface area contributed by atoms with Gasteiger partial charge in [-0.05, 0) is 71.9 Å². The SMILES string of the molecule is CC.CC(C)(O)C#Cc1ccc(Br)c(C(N)Cc2cc(F)cc(F)c2)n1. The Balaban J connectivity index is 0.00000163. The van der Waals surface area contributed by atoms with E-state index in [1.54, 1.807) is 26.0 Å². The predicted molar refractivity (Wildman–Crippen MR) is 103 cm³/mol. The highest BCUT2D eigenvalue weighted by molar-refractivity contribution is 9.10. The van der Waals surface area contributed by atoms with Crippen molar-refractivity contribution in [3.8, 4) is 11.8 Å². The number of aliphatic hydroxyl groups is 1. The van der Waals surface area contributed by atoms with Crippen LogP contribution in [0.3, 0.4) is 0 Å². The Bertz CT molecular complexity index is 787. The molecule has 0 saturated carbocycles. The molecule has 26 heavy (non-hydrogen) atoms. The first-order valence-electron chi connectivity index (χ1n) is 8.26. The molecule has 0 bridgehead atoms. The second-order valence-corrected chi connectivity index (χ2v) is 6.82. The van der Waals surface area contributed by atoms with E-state index < -0.39 is 23.3 Å². The lowest BCUT2D eigenvalue weighted by molar-refractivity contribution is 0.143. The summed E-state index contributed by atoms with van der Waals surface area (Å²) in [6.45, 7) is 7.15. The van der Waals surface area contributed by atoms with Crippen LogP contribution in [0.2, 0.25) is 0 Å². The van der Waals surface area contributed by atoms with Gasteiger partial charge in [-0.25, -0.2) is 13.8 Å². The standard InChI is InChI=1S/C18H17BrF2N2O.C2H6/c1-18(2,24)6-5-14-3-4-15(19)17(23-14)16(22)9-11-7-12(20)10-13(21)8-11;1-2/h3-4,7-8,10,16,24H,9,22H2,1-2H3;1-2H3. The fraction of sp³-hybridized carbons (Fsp3) is 0.350. The molecule has 0 amide bonds. The molecule has 2 rings (SSSR count). The normalized spacial score (nSPS) is 11.7. The molecule has 0 aliphatic carbocycles. The number of nitrogens with zero attached hydrogens (tertiary/aromatic N) is 1. The molecule has 6 heteroatoms. The van der Waals surface area contributed by atoms with Gasteiger partial charge >= 0.3 is 0 Å². The summed E-state index contributed by atoms with van der Waals surface area (Å²) in [4.78, 5) is 4.37. The number of pyridine rings is 1. The van der Waals surface area contributed by atoms with Crippen LogP contribution >= 0.6 is 15.9 Å². The zero-order valence-corrected chi connectivity index (χ0v) is 16.9. The lowest BCUT2D eigenvalue weighted by Gasteiger charge is -2.14. The van der Waals surface area contributed by atoms with Gasteiger partial charge in [-0.1, -0.05) is 19.8 Å². The fourth-order valence-corrected chi connectivity index (χ4v) is 2.60. The first-order valence-corrected chi connectivity index (χ1v) is 9.06. The molecule has 2 aromatic rings. The largest absolute Gasteiger partial charge is 0.378 e. The van der Waals surface area contributed by atoms with Gasteiger partial charge in [0.05, 0.1) is 11.7 Å². The van der Waals surface area contributed by atoms with Crippen LogP contribution in [-0.4, -0.2) is 15.7 Å². The van der Waals surface area contributed by atoms with Crippen molar-refractivity contribution in [3.05, 3.63) is 63.4 Å². The number of rotatable bonds is 3. The van der Waals surface area contributed by atoms with E-state index in [0.29, 0.717) is 21.4 Å². The number of hydrogen-bond acceptors (Lipinski definition) is 3. The van der Waals surface area contributed by atoms with E-state index in [9.17, 15) is 13.9 Å². The van der Waals surface area contributed by atoms with Crippen molar-refractivity contribution in [2.24, 2.45) is 5.73 Å². The molecule has 0 saturated heterocycles. The van der Waals surface area contributed by atoms with Crippen LogP contribution in [0.25, 0.3) is 0 Å². The van der Waals surface area contributed by atoms with Crippen LogP contribution in [0.4, 0.5) is 8.78 Å². The predicted octanol–water partition coefficient (Wildman–Crippen LogP) is 4.51. The molecule has 1 aromatic heterocycles. The fourth-order valence-electron chi connectivity index (χ4n) is 2.08. The van der Waals surface area contributed by atoms with E-state index in [1.165, 1.54) is 12.1 Å². The lowest BCUT2D eigenvalue weighted by atomic mass is 10.0. The maximum Gasteiger partial charge on any atom is 0.126 e. The van der Waals surface area contributed by atoms with Crippen LogP contribution in [0.1, 0.15) is 50.7 Å². The van der Waals surface area contributed by atoms with Gasteiger partial charge in [0.25, 0.3) is 0 Å². The number of halogens is 3. The topological polar surface area (TPSA) is 59.1 Å². The first-order chi connectivity index (χ1) is 12.1. The molecule has 140 valence electrons. The van der Waals surface area contributed by atoms with E-state index in [2.05, 4.69) is 32.8 Å². The molecule has 1 aromatic carbocycles. The lowest BCUT2D eigenvalue weighted by Crippen LogP contribution is -2.17. The monoisotopic (exact) mass is 424 g/mol. The summed E-state index contributed by atoms with van der Waals surface area (Å²) < 4.78 is 27.3. The Morgan fingerprint density at radius 3 is 2.31 bits per heavy atom. The quantitative estimate of drug-likeness (QED) is 0.712. The zero-order valence-electron chi connectivity index (χ0n) is 15.3. The van der Waals surface area contributed by atoms with Crippen molar-refractivity contribution in [2.45, 2.75) is 45.8 Å². The third kappa shape index (κ3) is 7.20. The average Bonchev–Trinajstić information content (AvgIpc) is 2.54. The Hall–Kier alpha value is -1.81. The van der Waals surface area contributed by atoms with Gasteiger partial charge in [-0.2, -0.15) is 0 Å². The molecule has 3 nitrogen and oxygen atoms in total. The van der Waals surface area contributed by atoms with Gasteiger partial charge in [0.2, 0.25) is 0 Å². The average molecular weight is 425 g/mol. The molecule has 0 radical (unpaired) electrons. The maximum atomic E-state index is 13.3. The molecule has 1 unspecified atom stereocenters. The van der Waals surface area contributed by atoms with Crippen molar-refractivity contribution >= 4 is 15.9 Å². The van der Waals surface area contributed by atoms with Gasteiger partial charge in [0, 0.05) is 10.5 Å². The molecular weight excluding hydrogens is 402 g/mol. The van der Waals surface area contributed by atoms with Crippen molar-refractivity contribution < 1.29 is 13.9 Å². The van der Waals surface area contributed by atoms with E-state index in [0.717, 1.165) is 6.07 Å². The number of hydrogen-bond donors (Lipinski definition) is 2. The van der Waals surface area contributed by atoms with E-state index in [4.69, 9.17) is 5.73 Å². The van der Waals surface area contributed by atoms with E-state index in [-0.39, 0.29) is 6.42 Å².